The Morgan fingerprint density at radius 1 is 0.607 bits per heavy atom. The van der Waals surface area contributed by atoms with Gasteiger partial charge in [-0.25, -0.2) is 4.79 Å². The van der Waals surface area contributed by atoms with Gasteiger partial charge in [-0.05, 0) is 80.0 Å². The number of phenolic OH excluding ortho intramolecular Hbond substituents is 1. The number of carbonyl (C=O) groups excluding carboxylic acids is 4. The van der Waals surface area contributed by atoms with Gasteiger partial charge in [-0.1, -0.05) is 140 Å². The molecule has 0 fully saturated rings. The molecule has 0 atom stereocenters. The maximum Gasteiger partial charge on any atom is 0.343 e. The van der Waals surface area contributed by atoms with Crippen LogP contribution in [0.15, 0.2) is 72.8 Å². The molecule has 0 aliphatic heterocycles. The molecule has 0 saturated carbocycles. The third-order valence-electron chi connectivity index (χ3n) is 10.9. The van der Waals surface area contributed by atoms with Gasteiger partial charge in [0.1, 0.15) is 11.5 Å². The average Bonchev–Trinajstić information content (AvgIpc) is 3.21. The topological polar surface area (TPSA) is 110 Å². The number of ketones is 2. The Kier molecular flexibility index (Phi) is 16.0. The van der Waals surface area contributed by atoms with Gasteiger partial charge in [-0.3, -0.25) is 14.4 Å². The number of nitrogens with one attached hydrogen (secondary N) is 1. The smallest absolute Gasteiger partial charge is 0.343 e. The third kappa shape index (κ3) is 10.6. The number of benzene rings is 4. The number of amides is 1. The summed E-state index contributed by atoms with van der Waals surface area (Å²) in [5, 5.41) is 14.6. The molecule has 296 valence electrons. The lowest BCUT2D eigenvalue weighted by Gasteiger charge is -2.25. The van der Waals surface area contributed by atoms with Gasteiger partial charge in [0.05, 0.1) is 16.8 Å². The fraction of sp³-hybridized carbons (Fsp3) is 0.429. The van der Waals surface area contributed by atoms with Crippen LogP contribution in [0.1, 0.15) is 186 Å². The Morgan fingerprint density at radius 2 is 1.21 bits per heavy atom. The van der Waals surface area contributed by atoms with Crippen LogP contribution in [-0.2, 0) is 19.3 Å². The van der Waals surface area contributed by atoms with E-state index in [9.17, 15) is 24.3 Å². The van der Waals surface area contributed by atoms with Gasteiger partial charge in [-0.15, -0.1) is 0 Å². The molecule has 1 amide bonds. The van der Waals surface area contributed by atoms with E-state index in [4.69, 9.17) is 4.74 Å². The lowest BCUT2D eigenvalue weighted by atomic mass is 9.77. The molecule has 56 heavy (non-hydrogen) atoms. The first-order valence-corrected chi connectivity index (χ1v) is 21.1. The summed E-state index contributed by atoms with van der Waals surface area (Å²) < 4.78 is 5.75. The number of aryl methyl sites for hydroxylation is 2. The molecular formula is C49H59NO6. The predicted molar refractivity (Wildman–Crippen MR) is 225 cm³/mol. The van der Waals surface area contributed by atoms with Gasteiger partial charge in [0.2, 0.25) is 0 Å². The first-order chi connectivity index (χ1) is 27.3. The summed E-state index contributed by atoms with van der Waals surface area (Å²) in [6.45, 7) is 6.52. The van der Waals surface area contributed by atoms with Crippen LogP contribution >= 0.6 is 0 Å². The second-order valence-corrected chi connectivity index (χ2v) is 15.2. The van der Waals surface area contributed by atoms with Gasteiger partial charge in [0.15, 0.2) is 11.6 Å². The number of ether oxygens (including phenoxy) is 1. The molecule has 2 N–H and O–H groups in total. The number of phenols is 1. The molecular weight excluding hydrogens is 699 g/mol. The van der Waals surface area contributed by atoms with Crippen molar-refractivity contribution in [2.24, 2.45) is 0 Å². The maximum atomic E-state index is 14.4. The molecule has 0 aromatic heterocycles. The average molecular weight is 758 g/mol. The number of aromatic hydroxyl groups is 1. The first-order valence-electron chi connectivity index (χ1n) is 21.1. The molecule has 1 aliphatic carbocycles. The minimum absolute atomic E-state index is 0.0281. The van der Waals surface area contributed by atoms with Gasteiger partial charge >= 0.3 is 5.97 Å². The monoisotopic (exact) mass is 757 g/mol. The van der Waals surface area contributed by atoms with Gasteiger partial charge in [-0.2, -0.15) is 0 Å². The summed E-state index contributed by atoms with van der Waals surface area (Å²) in [7, 11) is 0. The molecule has 7 nitrogen and oxygen atoms in total. The fourth-order valence-corrected chi connectivity index (χ4v) is 7.70. The Bertz CT molecular complexity index is 1980. The van der Waals surface area contributed by atoms with Gasteiger partial charge < -0.3 is 15.2 Å². The number of para-hydroxylation sites is 1. The first kappa shape index (κ1) is 42.1. The number of anilines is 1. The van der Waals surface area contributed by atoms with Crippen LogP contribution in [-0.4, -0.2) is 28.5 Å². The van der Waals surface area contributed by atoms with Crippen LogP contribution in [0.2, 0.25) is 0 Å². The van der Waals surface area contributed by atoms with Crippen LogP contribution < -0.4 is 10.1 Å². The summed E-state index contributed by atoms with van der Waals surface area (Å²) in [5.74, 6) is -1.95. The van der Waals surface area contributed by atoms with Crippen molar-refractivity contribution >= 4 is 29.1 Å². The van der Waals surface area contributed by atoms with Crippen molar-refractivity contribution in [1.82, 2.24) is 0 Å². The van der Waals surface area contributed by atoms with Crippen LogP contribution in [0.5, 0.6) is 11.5 Å². The van der Waals surface area contributed by atoms with Crippen molar-refractivity contribution in [2.45, 2.75) is 136 Å². The number of unbranched alkanes of at least 4 members (excludes halogenated alkanes) is 12. The molecule has 1 aliphatic rings. The number of hydrogen-bond donors (Lipinski definition) is 2. The minimum Gasteiger partial charge on any atom is -0.505 e. The van der Waals surface area contributed by atoms with E-state index < -0.39 is 11.9 Å². The molecule has 0 bridgehead atoms. The number of hydrogen-bond acceptors (Lipinski definition) is 6. The number of fused-ring (bicyclic) bond motifs is 2. The second kappa shape index (κ2) is 21.3. The molecule has 4 aromatic rings. The zero-order valence-corrected chi connectivity index (χ0v) is 33.6. The standard InChI is InChI=1S/C49H59NO6/c1-4-7-10-13-16-22-34-29-31-36(32-30-34)49(55)56-42-28-20-19-25-37(42)48(54)50-41-33-40-44(39(46(41)52)26-18-15-12-9-6-3)47(53)43-35(23-17-14-11-8-5-2)24-21-27-38(43)45(40)51/h19-21,24-25,27-33,52H,4-18,22-23,26H2,1-3H3,(H,50,54). The number of rotatable bonds is 22. The molecule has 7 heteroatoms. The quantitative estimate of drug-likeness (QED) is 0.0315. The number of carbonyl (C=O) groups is 4. The highest BCUT2D eigenvalue weighted by Crippen LogP contribution is 2.41. The molecule has 0 spiro atoms. The van der Waals surface area contributed by atoms with E-state index >= 15 is 0 Å². The number of esters is 1. The van der Waals surface area contributed by atoms with E-state index in [0.29, 0.717) is 41.5 Å². The summed E-state index contributed by atoms with van der Waals surface area (Å²) in [6.07, 6.45) is 18.2. The maximum absolute atomic E-state index is 14.4. The minimum atomic E-state index is -0.628. The Balaban J connectivity index is 1.39. The summed E-state index contributed by atoms with van der Waals surface area (Å²) in [4.78, 5) is 55.8. The van der Waals surface area contributed by atoms with Crippen LogP contribution in [0.4, 0.5) is 5.69 Å². The largest absolute Gasteiger partial charge is 0.505 e. The molecule has 0 saturated heterocycles. The highest BCUT2D eigenvalue weighted by atomic mass is 16.5. The highest BCUT2D eigenvalue weighted by Gasteiger charge is 2.36. The Morgan fingerprint density at radius 3 is 1.88 bits per heavy atom. The highest BCUT2D eigenvalue weighted by molar-refractivity contribution is 6.30. The van der Waals surface area contributed by atoms with Crippen LogP contribution in [0.3, 0.4) is 0 Å². The fourth-order valence-electron chi connectivity index (χ4n) is 7.70. The second-order valence-electron chi connectivity index (χ2n) is 15.2. The molecule has 0 unspecified atom stereocenters. The SMILES string of the molecule is CCCCCCCc1ccc(C(=O)Oc2ccccc2C(=O)Nc2cc3c(c(CCCCCCC)c2O)C(=O)c2c(CCCCCCC)cccc2C3=O)cc1. The van der Waals surface area contributed by atoms with Crippen molar-refractivity contribution in [3.63, 3.8) is 0 Å². The van der Waals surface area contributed by atoms with Gasteiger partial charge in [0, 0.05) is 27.8 Å². The van der Waals surface area contributed by atoms with Crippen molar-refractivity contribution in [2.75, 3.05) is 5.32 Å². The lowest BCUT2D eigenvalue weighted by Crippen LogP contribution is -2.25. The molecule has 0 heterocycles. The zero-order valence-electron chi connectivity index (χ0n) is 33.6. The van der Waals surface area contributed by atoms with E-state index in [-0.39, 0.29) is 45.4 Å². The molecule has 4 aromatic carbocycles. The van der Waals surface area contributed by atoms with E-state index in [1.807, 2.05) is 24.3 Å². The summed E-state index contributed by atoms with van der Waals surface area (Å²) in [5.41, 5.74) is 4.04. The zero-order chi connectivity index (χ0) is 39.9. The lowest BCUT2D eigenvalue weighted by molar-refractivity contribution is 0.0732. The van der Waals surface area contributed by atoms with Crippen molar-refractivity contribution in [3.05, 3.63) is 123 Å². The third-order valence-corrected chi connectivity index (χ3v) is 10.9. The Labute approximate surface area is 333 Å². The summed E-state index contributed by atoms with van der Waals surface area (Å²) >= 11 is 0. The van der Waals surface area contributed by atoms with Gasteiger partial charge in [0.25, 0.3) is 5.91 Å². The molecule has 5 rings (SSSR count). The van der Waals surface area contributed by atoms with Crippen molar-refractivity contribution < 1.29 is 29.0 Å². The normalized spacial score (nSPS) is 12.0. The van der Waals surface area contributed by atoms with Crippen LogP contribution in [0, 0.1) is 0 Å². The summed E-state index contributed by atoms with van der Waals surface area (Å²) in [6, 6.07) is 20.7. The van der Waals surface area contributed by atoms with E-state index in [2.05, 4.69) is 26.1 Å². The van der Waals surface area contributed by atoms with E-state index in [1.165, 1.54) is 38.2 Å². The van der Waals surface area contributed by atoms with E-state index in [0.717, 1.165) is 75.3 Å². The van der Waals surface area contributed by atoms with Crippen molar-refractivity contribution in [3.8, 4) is 11.5 Å². The Hall–Kier alpha value is -5.04. The van der Waals surface area contributed by atoms with Crippen LogP contribution in [0.25, 0.3) is 0 Å². The van der Waals surface area contributed by atoms with Crippen molar-refractivity contribution in [1.29, 1.82) is 0 Å². The van der Waals surface area contributed by atoms with E-state index in [1.54, 1.807) is 42.5 Å². The molecule has 0 radical (unpaired) electrons. The predicted octanol–water partition coefficient (Wildman–Crippen LogP) is 12.2.